The van der Waals surface area contributed by atoms with Gasteiger partial charge in [-0.05, 0) is 25.3 Å². The maximum absolute atomic E-state index is 11.4. The van der Waals surface area contributed by atoms with Crippen LogP contribution in [-0.2, 0) is 0 Å². The highest BCUT2D eigenvalue weighted by Crippen LogP contribution is 2.14. The minimum Gasteiger partial charge on any atom is -0.367 e. The third-order valence-electron chi connectivity index (χ3n) is 2.40. The zero-order valence-corrected chi connectivity index (χ0v) is 8.72. The Hall–Kier alpha value is -1.03. The lowest BCUT2D eigenvalue weighted by atomic mass is 10.1. The van der Waals surface area contributed by atoms with Crippen LogP contribution in [0.2, 0.25) is 0 Å². The smallest absolute Gasteiger partial charge is 0.287 e. The Labute approximate surface area is 88.7 Å². The number of nitrogens with zero attached hydrogens (tertiary/aromatic N) is 2. The number of halogens is 1. The first kappa shape index (κ1) is 11.0. The fourth-order valence-corrected chi connectivity index (χ4v) is 1.72. The van der Waals surface area contributed by atoms with Gasteiger partial charge in [0.1, 0.15) is 5.69 Å². The summed E-state index contributed by atoms with van der Waals surface area (Å²) in [5.41, 5.74) is 0.680. The third-order valence-corrected chi connectivity index (χ3v) is 2.40. The van der Waals surface area contributed by atoms with Crippen molar-refractivity contribution in [3.63, 3.8) is 0 Å². The number of nitrogens with one attached hydrogen (secondary N) is 1. The lowest BCUT2D eigenvalue weighted by molar-refractivity contribution is 0.575. The van der Waals surface area contributed by atoms with Crippen LogP contribution in [0.3, 0.4) is 0 Å². The lowest BCUT2D eigenvalue weighted by Crippen LogP contribution is -2.33. The summed E-state index contributed by atoms with van der Waals surface area (Å²) in [6.07, 6.45) is 5.27. The molecule has 1 saturated heterocycles. The van der Waals surface area contributed by atoms with Crippen LogP contribution in [0.4, 0.5) is 5.69 Å². The molecule has 5 heteroatoms. The topological polar surface area (TPSA) is 49.0 Å². The minimum atomic E-state index is -0.0793. The molecule has 0 amide bonds. The van der Waals surface area contributed by atoms with E-state index in [0.29, 0.717) is 0 Å². The predicted octanol–water partition coefficient (Wildman–Crippen LogP) is 1.18. The van der Waals surface area contributed by atoms with E-state index in [0.717, 1.165) is 18.8 Å². The largest absolute Gasteiger partial charge is 0.367 e. The Morgan fingerprint density at radius 2 is 2.00 bits per heavy atom. The number of H-pyrrole nitrogens is 1. The van der Waals surface area contributed by atoms with Gasteiger partial charge in [-0.3, -0.25) is 4.79 Å². The number of rotatable bonds is 1. The summed E-state index contributed by atoms with van der Waals surface area (Å²) in [5.74, 6) is 0. The van der Waals surface area contributed by atoms with Crippen LogP contribution >= 0.6 is 12.4 Å². The van der Waals surface area contributed by atoms with E-state index in [1.807, 2.05) is 0 Å². The van der Waals surface area contributed by atoms with E-state index in [9.17, 15) is 4.79 Å². The van der Waals surface area contributed by atoms with Crippen molar-refractivity contribution in [2.45, 2.75) is 19.3 Å². The second-order valence-corrected chi connectivity index (χ2v) is 3.32. The van der Waals surface area contributed by atoms with Gasteiger partial charge in [0.15, 0.2) is 0 Å². The molecule has 14 heavy (non-hydrogen) atoms. The lowest BCUT2D eigenvalue weighted by Gasteiger charge is -2.27. The van der Waals surface area contributed by atoms with Crippen molar-refractivity contribution >= 4 is 18.1 Å². The van der Waals surface area contributed by atoms with Crippen LogP contribution in [-0.4, -0.2) is 23.3 Å². The highest BCUT2D eigenvalue weighted by molar-refractivity contribution is 5.85. The van der Waals surface area contributed by atoms with Gasteiger partial charge in [0.05, 0.1) is 0 Å². The summed E-state index contributed by atoms with van der Waals surface area (Å²) >= 11 is 0. The zero-order chi connectivity index (χ0) is 9.10. The first-order valence-electron chi connectivity index (χ1n) is 4.66. The van der Waals surface area contributed by atoms with E-state index < -0.39 is 0 Å². The number of hydrogen-bond acceptors (Lipinski definition) is 3. The van der Waals surface area contributed by atoms with Gasteiger partial charge in [-0.25, -0.2) is 5.10 Å². The van der Waals surface area contributed by atoms with Gasteiger partial charge >= 0.3 is 0 Å². The number of hydrogen-bond donors (Lipinski definition) is 1. The highest BCUT2D eigenvalue weighted by Gasteiger charge is 2.12. The molecule has 0 atom stereocenters. The molecular weight excluding hydrogens is 202 g/mol. The fourth-order valence-electron chi connectivity index (χ4n) is 1.72. The molecule has 0 saturated carbocycles. The molecule has 1 aliphatic rings. The molecule has 78 valence electrons. The Kier molecular flexibility index (Phi) is 3.95. The maximum atomic E-state index is 11.4. The number of piperidine rings is 1. The molecule has 2 rings (SSSR count). The van der Waals surface area contributed by atoms with Crippen molar-refractivity contribution in [1.29, 1.82) is 0 Å². The average Bonchev–Trinajstić information content (AvgIpc) is 2.20. The molecule has 2 heterocycles. The number of anilines is 1. The monoisotopic (exact) mass is 215 g/mol. The van der Waals surface area contributed by atoms with E-state index in [-0.39, 0.29) is 18.0 Å². The quantitative estimate of drug-likeness (QED) is 0.766. The molecular formula is C9H14ClN3O. The maximum Gasteiger partial charge on any atom is 0.287 e. The molecule has 1 aromatic heterocycles. The minimum absolute atomic E-state index is 0. The van der Waals surface area contributed by atoms with Gasteiger partial charge < -0.3 is 4.90 Å². The standard InChI is InChI=1S/C9H13N3O.ClH/c13-9-8(4-5-10-11-9)12-6-2-1-3-7-12;/h4-5H,1-3,6-7H2,(H,11,13);1H. The molecule has 0 radical (unpaired) electrons. The molecule has 0 aliphatic carbocycles. The molecule has 1 N–H and O–H groups in total. The Balaban J connectivity index is 0.000000980. The molecule has 0 spiro atoms. The van der Waals surface area contributed by atoms with Gasteiger partial charge in [0.25, 0.3) is 5.56 Å². The number of aromatic nitrogens is 2. The fraction of sp³-hybridized carbons (Fsp3) is 0.556. The van der Waals surface area contributed by atoms with Gasteiger partial charge in [-0.2, -0.15) is 5.10 Å². The van der Waals surface area contributed by atoms with E-state index in [1.165, 1.54) is 19.3 Å². The Bertz CT molecular complexity index is 333. The summed E-state index contributed by atoms with van der Waals surface area (Å²) in [7, 11) is 0. The molecule has 1 aromatic rings. The van der Waals surface area contributed by atoms with Crippen molar-refractivity contribution in [2.75, 3.05) is 18.0 Å². The molecule has 0 unspecified atom stereocenters. The molecule has 1 fully saturated rings. The van der Waals surface area contributed by atoms with Crippen molar-refractivity contribution < 1.29 is 0 Å². The predicted molar refractivity (Wildman–Crippen MR) is 58.2 cm³/mol. The van der Waals surface area contributed by atoms with E-state index in [1.54, 1.807) is 12.3 Å². The number of aromatic amines is 1. The van der Waals surface area contributed by atoms with Crippen LogP contribution in [0, 0.1) is 0 Å². The van der Waals surface area contributed by atoms with Crippen molar-refractivity contribution in [2.24, 2.45) is 0 Å². The normalized spacial score (nSPS) is 16.1. The van der Waals surface area contributed by atoms with Crippen molar-refractivity contribution in [1.82, 2.24) is 10.2 Å². The second kappa shape index (κ2) is 5.00. The zero-order valence-electron chi connectivity index (χ0n) is 7.90. The Morgan fingerprint density at radius 3 is 2.64 bits per heavy atom. The first-order valence-corrected chi connectivity index (χ1v) is 4.66. The Morgan fingerprint density at radius 1 is 1.29 bits per heavy atom. The summed E-state index contributed by atoms with van der Waals surface area (Å²) in [6, 6.07) is 1.78. The summed E-state index contributed by atoms with van der Waals surface area (Å²) in [4.78, 5) is 13.5. The van der Waals surface area contributed by atoms with Crippen LogP contribution in [0.15, 0.2) is 17.1 Å². The van der Waals surface area contributed by atoms with Gasteiger partial charge in [-0.1, -0.05) is 0 Å². The average molecular weight is 216 g/mol. The van der Waals surface area contributed by atoms with Crippen molar-refractivity contribution in [3.8, 4) is 0 Å². The van der Waals surface area contributed by atoms with Crippen LogP contribution in [0.25, 0.3) is 0 Å². The van der Waals surface area contributed by atoms with Gasteiger partial charge in [0, 0.05) is 19.3 Å². The molecule has 1 aliphatic heterocycles. The van der Waals surface area contributed by atoms with E-state index in [2.05, 4.69) is 15.1 Å². The van der Waals surface area contributed by atoms with Crippen LogP contribution in [0.1, 0.15) is 19.3 Å². The van der Waals surface area contributed by atoms with Gasteiger partial charge in [0.2, 0.25) is 0 Å². The van der Waals surface area contributed by atoms with Crippen LogP contribution in [0.5, 0.6) is 0 Å². The third kappa shape index (κ3) is 2.26. The van der Waals surface area contributed by atoms with E-state index in [4.69, 9.17) is 0 Å². The SMILES string of the molecule is Cl.O=c1[nH]nccc1N1CCCCC1. The van der Waals surface area contributed by atoms with Crippen molar-refractivity contribution in [3.05, 3.63) is 22.6 Å². The molecule has 0 aromatic carbocycles. The second-order valence-electron chi connectivity index (χ2n) is 3.32. The summed E-state index contributed by atoms with van der Waals surface area (Å²) in [6.45, 7) is 1.99. The van der Waals surface area contributed by atoms with E-state index >= 15 is 0 Å². The molecule has 0 bridgehead atoms. The van der Waals surface area contributed by atoms with Crippen LogP contribution < -0.4 is 10.5 Å². The summed E-state index contributed by atoms with van der Waals surface area (Å²) < 4.78 is 0. The summed E-state index contributed by atoms with van der Waals surface area (Å²) in [5, 5.41) is 6.13. The highest BCUT2D eigenvalue weighted by atomic mass is 35.5. The molecule has 4 nitrogen and oxygen atoms in total. The van der Waals surface area contributed by atoms with Gasteiger partial charge in [-0.15, -0.1) is 12.4 Å². The first-order chi connectivity index (χ1) is 6.38.